The van der Waals surface area contributed by atoms with E-state index >= 15 is 0 Å². The molecule has 6 nitrogen and oxygen atoms in total. The van der Waals surface area contributed by atoms with Crippen molar-refractivity contribution in [2.45, 2.75) is 6.42 Å². The summed E-state index contributed by atoms with van der Waals surface area (Å²) in [6.07, 6.45) is 5.27. The lowest BCUT2D eigenvalue weighted by molar-refractivity contribution is -0.115. The van der Waals surface area contributed by atoms with E-state index in [1.807, 2.05) is 64.6 Å². The van der Waals surface area contributed by atoms with E-state index in [4.69, 9.17) is 16.4 Å². The van der Waals surface area contributed by atoms with Crippen molar-refractivity contribution in [2.24, 2.45) is 0 Å². The fourth-order valence-electron chi connectivity index (χ4n) is 3.70. The molecule has 0 aliphatic heterocycles. The fourth-order valence-corrected chi connectivity index (χ4v) is 3.70. The summed E-state index contributed by atoms with van der Waals surface area (Å²) in [4.78, 5) is 26.1. The summed E-state index contributed by atoms with van der Waals surface area (Å²) in [6.45, 7) is 0. The van der Waals surface area contributed by atoms with E-state index in [0.717, 1.165) is 39.4 Å². The minimum atomic E-state index is -0.231. The highest BCUT2D eigenvalue weighted by atomic mass is 16.1. The summed E-state index contributed by atoms with van der Waals surface area (Å²) < 4.78 is 0. The molecular formula is C28H27N5O. The predicted molar refractivity (Wildman–Crippen MR) is 141 cm³/mol. The number of anilines is 3. The van der Waals surface area contributed by atoms with Gasteiger partial charge in [-0.2, -0.15) is 0 Å². The average molecular weight is 450 g/mol. The first-order valence-corrected chi connectivity index (χ1v) is 11.0. The number of nitrogens with one attached hydrogen (secondary N) is 1. The third kappa shape index (κ3) is 4.84. The number of benzene rings is 3. The summed E-state index contributed by atoms with van der Waals surface area (Å²) in [5, 5.41) is 2.82. The van der Waals surface area contributed by atoms with Crippen LogP contribution in [0.25, 0.3) is 33.5 Å². The molecule has 0 radical (unpaired) electrons. The first-order chi connectivity index (χ1) is 16.4. The van der Waals surface area contributed by atoms with Crippen molar-refractivity contribution < 1.29 is 4.79 Å². The Labute approximate surface area is 200 Å². The molecule has 170 valence electrons. The van der Waals surface area contributed by atoms with Crippen molar-refractivity contribution in [3.8, 4) is 34.9 Å². The number of fused-ring (bicyclic) bond motifs is 1. The van der Waals surface area contributed by atoms with Crippen LogP contribution >= 0.6 is 0 Å². The number of aromatic nitrogens is 2. The number of carbonyl (C=O) groups excluding carboxylic acids is 1. The van der Waals surface area contributed by atoms with Crippen molar-refractivity contribution in [3.05, 3.63) is 66.7 Å². The van der Waals surface area contributed by atoms with Crippen LogP contribution in [0.3, 0.4) is 0 Å². The van der Waals surface area contributed by atoms with Gasteiger partial charge in [0, 0.05) is 56.4 Å². The second kappa shape index (κ2) is 9.63. The van der Waals surface area contributed by atoms with Crippen molar-refractivity contribution in [2.75, 3.05) is 43.3 Å². The van der Waals surface area contributed by atoms with E-state index in [-0.39, 0.29) is 12.3 Å². The fraction of sp³-hybridized carbons (Fsp3) is 0.179. The molecule has 0 unspecified atom stereocenters. The summed E-state index contributed by atoms with van der Waals surface area (Å²) >= 11 is 0. The molecule has 0 aliphatic carbocycles. The number of rotatable bonds is 6. The molecule has 0 saturated heterocycles. The van der Waals surface area contributed by atoms with Gasteiger partial charge < -0.3 is 15.1 Å². The highest BCUT2D eigenvalue weighted by Crippen LogP contribution is 2.34. The van der Waals surface area contributed by atoms with E-state index in [1.165, 1.54) is 0 Å². The SMILES string of the molecule is C#CCC(=O)Nc1ccc2nc(-c3cccc(N(C)C)c3)c(-c3cccc(N(C)C)c3)nc2c1. The zero-order valence-electron chi connectivity index (χ0n) is 19.8. The van der Waals surface area contributed by atoms with Gasteiger partial charge >= 0.3 is 0 Å². The van der Waals surface area contributed by atoms with Crippen LogP contribution in [0.4, 0.5) is 17.1 Å². The Morgan fingerprint density at radius 2 is 1.38 bits per heavy atom. The van der Waals surface area contributed by atoms with Crippen molar-refractivity contribution in [3.63, 3.8) is 0 Å². The van der Waals surface area contributed by atoms with Gasteiger partial charge in [0.15, 0.2) is 0 Å². The number of carbonyl (C=O) groups is 1. The Morgan fingerprint density at radius 3 is 1.91 bits per heavy atom. The molecule has 1 N–H and O–H groups in total. The number of hydrogen-bond donors (Lipinski definition) is 1. The van der Waals surface area contributed by atoms with Crippen LogP contribution in [0.15, 0.2) is 66.7 Å². The maximum atomic E-state index is 12.0. The lowest BCUT2D eigenvalue weighted by Gasteiger charge is -2.17. The van der Waals surface area contributed by atoms with Crippen LogP contribution in [0.1, 0.15) is 6.42 Å². The van der Waals surface area contributed by atoms with Gasteiger partial charge in [0.1, 0.15) is 0 Å². The number of nitrogens with zero attached hydrogens (tertiary/aromatic N) is 4. The molecule has 0 spiro atoms. The van der Waals surface area contributed by atoms with Gasteiger partial charge in [-0.3, -0.25) is 4.79 Å². The normalized spacial score (nSPS) is 10.6. The molecule has 3 aromatic carbocycles. The van der Waals surface area contributed by atoms with Crippen LogP contribution < -0.4 is 15.1 Å². The number of hydrogen-bond acceptors (Lipinski definition) is 5. The summed E-state index contributed by atoms with van der Waals surface area (Å²) in [5.74, 6) is 2.13. The first-order valence-electron chi connectivity index (χ1n) is 11.0. The molecule has 0 fully saturated rings. The second-order valence-electron chi connectivity index (χ2n) is 8.44. The molecule has 1 heterocycles. The zero-order chi connectivity index (χ0) is 24.2. The molecule has 0 saturated carbocycles. The summed E-state index contributed by atoms with van der Waals surface area (Å²) in [7, 11) is 8.06. The van der Waals surface area contributed by atoms with Crippen LogP contribution in [-0.2, 0) is 4.79 Å². The Morgan fingerprint density at radius 1 is 0.824 bits per heavy atom. The Kier molecular flexibility index (Phi) is 6.46. The molecule has 1 amide bonds. The average Bonchev–Trinajstić information content (AvgIpc) is 2.83. The minimum Gasteiger partial charge on any atom is -0.378 e. The maximum Gasteiger partial charge on any atom is 0.236 e. The quantitative estimate of drug-likeness (QED) is 0.417. The van der Waals surface area contributed by atoms with E-state index in [0.29, 0.717) is 11.2 Å². The van der Waals surface area contributed by atoms with Gasteiger partial charge in [0.2, 0.25) is 5.91 Å². The predicted octanol–water partition coefficient (Wildman–Crippen LogP) is 5.06. The third-order valence-corrected chi connectivity index (χ3v) is 5.48. The highest BCUT2D eigenvalue weighted by molar-refractivity contribution is 5.95. The van der Waals surface area contributed by atoms with E-state index < -0.39 is 0 Å². The lowest BCUT2D eigenvalue weighted by atomic mass is 10.0. The van der Waals surface area contributed by atoms with Gasteiger partial charge in [-0.1, -0.05) is 30.2 Å². The molecule has 0 atom stereocenters. The Balaban J connectivity index is 1.91. The third-order valence-electron chi connectivity index (χ3n) is 5.48. The summed E-state index contributed by atoms with van der Waals surface area (Å²) in [5.41, 5.74) is 7.75. The summed E-state index contributed by atoms with van der Waals surface area (Å²) in [6, 6.07) is 22.0. The number of amides is 1. The Hall–Kier alpha value is -4.37. The van der Waals surface area contributed by atoms with Crippen molar-refractivity contribution in [1.82, 2.24) is 9.97 Å². The van der Waals surface area contributed by atoms with Crippen LogP contribution in [0, 0.1) is 12.3 Å². The van der Waals surface area contributed by atoms with E-state index in [9.17, 15) is 4.79 Å². The smallest absolute Gasteiger partial charge is 0.236 e. The number of terminal acetylenes is 1. The maximum absolute atomic E-state index is 12.0. The standard InChI is InChI=1S/C28H27N5O/c1-6-9-26(34)29-21-14-15-24-25(18-21)31-28(20-11-8-13-23(17-20)33(4)5)27(30-24)19-10-7-12-22(16-19)32(2)3/h1,7-8,10-18H,9H2,2-5H3,(H,29,34). The lowest BCUT2D eigenvalue weighted by Crippen LogP contribution is -2.10. The van der Waals surface area contributed by atoms with Gasteiger partial charge in [-0.25, -0.2) is 9.97 Å². The van der Waals surface area contributed by atoms with E-state index in [1.54, 1.807) is 0 Å². The molecule has 4 rings (SSSR count). The van der Waals surface area contributed by atoms with Crippen LogP contribution in [0.2, 0.25) is 0 Å². The molecular weight excluding hydrogens is 422 g/mol. The Bertz CT molecular complexity index is 1400. The highest BCUT2D eigenvalue weighted by Gasteiger charge is 2.15. The van der Waals surface area contributed by atoms with Gasteiger partial charge in [0.05, 0.1) is 28.8 Å². The zero-order valence-corrected chi connectivity index (χ0v) is 19.8. The topological polar surface area (TPSA) is 61.4 Å². The monoisotopic (exact) mass is 449 g/mol. The van der Waals surface area contributed by atoms with Crippen molar-refractivity contribution in [1.29, 1.82) is 0 Å². The van der Waals surface area contributed by atoms with E-state index in [2.05, 4.69) is 51.4 Å². The van der Waals surface area contributed by atoms with Gasteiger partial charge in [-0.05, 0) is 42.5 Å². The second-order valence-corrected chi connectivity index (χ2v) is 8.44. The molecule has 1 aromatic heterocycles. The van der Waals surface area contributed by atoms with Gasteiger partial charge in [0.25, 0.3) is 0 Å². The van der Waals surface area contributed by atoms with Crippen LogP contribution in [-0.4, -0.2) is 44.1 Å². The largest absolute Gasteiger partial charge is 0.378 e. The molecule has 34 heavy (non-hydrogen) atoms. The molecule has 0 aliphatic rings. The molecule has 4 aromatic rings. The minimum absolute atomic E-state index is 0.0213. The van der Waals surface area contributed by atoms with Gasteiger partial charge in [-0.15, -0.1) is 6.42 Å². The van der Waals surface area contributed by atoms with Crippen LogP contribution in [0.5, 0.6) is 0 Å². The molecule has 6 heteroatoms. The van der Waals surface area contributed by atoms with Crippen molar-refractivity contribution >= 4 is 34.0 Å². The molecule has 0 bridgehead atoms. The first kappa shape index (κ1) is 22.8.